The quantitative estimate of drug-likeness (QED) is 0.197. The Hall–Kier alpha value is -2.66. The standard InChI is InChI=1S/C26H24ClN3O2S2/c1-26(2,3)17-4-10-21-22(14-28)25(34-24(21)13-17)29-15-16-12-19(30(31)32)7-11-23(16)33-20-8-5-18(27)6-9-20/h5-9,11-12,15,17H,4,10,13H2,1-3H3/t17-/m0/s1. The first-order valence-electron chi connectivity index (χ1n) is 11.0. The van der Waals surface area contributed by atoms with E-state index in [0.29, 0.717) is 27.1 Å². The molecular weight excluding hydrogens is 486 g/mol. The Morgan fingerprint density at radius 3 is 2.65 bits per heavy atom. The molecule has 0 fully saturated rings. The molecule has 0 bridgehead atoms. The molecular formula is C26H24ClN3O2S2. The van der Waals surface area contributed by atoms with Gasteiger partial charge >= 0.3 is 0 Å². The molecule has 1 aliphatic rings. The number of non-ortho nitro benzene ring substituents is 1. The van der Waals surface area contributed by atoms with E-state index in [-0.39, 0.29) is 11.1 Å². The number of hydrogen-bond donors (Lipinski definition) is 0. The van der Waals surface area contributed by atoms with Crippen LogP contribution in [-0.4, -0.2) is 11.1 Å². The zero-order valence-corrected chi connectivity index (χ0v) is 21.6. The molecule has 0 aliphatic heterocycles. The van der Waals surface area contributed by atoms with Gasteiger partial charge in [0.1, 0.15) is 11.1 Å². The average molecular weight is 510 g/mol. The van der Waals surface area contributed by atoms with Crippen LogP contribution in [0.4, 0.5) is 10.7 Å². The molecule has 1 aliphatic carbocycles. The fourth-order valence-corrected chi connectivity index (χ4v) is 6.36. The van der Waals surface area contributed by atoms with E-state index in [4.69, 9.17) is 11.6 Å². The number of hydrogen-bond acceptors (Lipinski definition) is 6. The van der Waals surface area contributed by atoms with E-state index in [2.05, 4.69) is 31.8 Å². The summed E-state index contributed by atoms with van der Waals surface area (Å²) in [6.07, 6.45) is 4.56. The van der Waals surface area contributed by atoms with Crippen molar-refractivity contribution in [1.82, 2.24) is 0 Å². The molecule has 0 spiro atoms. The van der Waals surface area contributed by atoms with Crippen molar-refractivity contribution in [3.8, 4) is 6.07 Å². The van der Waals surface area contributed by atoms with E-state index in [0.717, 1.165) is 34.6 Å². The maximum absolute atomic E-state index is 11.4. The molecule has 2 aromatic carbocycles. The maximum Gasteiger partial charge on any atom is 0.270 e. The number of rotatable bonds is 5. The first-order valence-corrected chi connectivity index (χ1v) is 13.0. The first-order chi connectivity index (χ1) is 16.2. The summed E-state index contributed by atoms with van der Waals surface area (Å²) in [7, 11) is 0. The zero-order valence-electron chi connectivity index (χ0n) is 19.2. The van der Waals surface area contributed by atoms with Crippen molar-refractivity contribution in [2.24, 2.45) is 16.3 Å². The van der Waals surface area contributed by atoms with Gasteiger partial charge < -0.3 is 0 Å². The Balaban J connectivity index is 1.68. The second kappa shape index (κ2) is 9.91. The molecule has 0 saturated carbocycles. The third-order valence-corrected chi connectivity index (χ3v) is 8.66. The van der Waals surface area contributed by atoms with Crippen LogP contribution in [0.3, 0.4) is 0 Å². The van der Waals surface area contributed by atoms with Crippen molar-refractivity contribution in [1.29, 1.82) is 5.26 Å². The fourth-order valence-electron chi connectivity index (χ4n) is 4.12. The number of thiophene rings is 1. The molecule has 0 N–H and O–H groups in total. The van der Waals surface area contributed by atoms with Gasteiger partial charge in [-0.2, -0.15) is 5.26 Å². The van der Waals surface area contributed by atoms with E-state index in [9.17, 15) is 15.4 Å². The molecule has 34 heavy (non-hydrogen) atoms. The number of halogens is 1. The van der Waals surface area contributed by atoms with Gasteiger partial charge in [0.25, 0.3) is 5.69 Å². The molecule has 0 unspecified atom stereocenters. The van der Waals surface area contributed by atoms with Crippen LogP contribution < -0.4 is 0 Å². The number of benzene rings is 2. The van der Waals surface area contributed by atoms with E-state index < -0.39 is 4.92 Å². The SMILES string of the molecule is CC(C)(C)[C@H]1CCc2c(sc(N=Cc3cc([N+](=O)[O-])ccc3Sc3ccc(Cl)cc3)c2C#N)C1. The second-order valence-corrected chi connectivity index (χ2v) is 12.0. The minimum absolute atomic E-state index is 0.000839. The summed E-state index contributed by atoms with van der Waals surface area (Å²) >= 11 is 9.05. The van der Waals surface area contributed by atoms with E-state index >= 15 is 0 Å². The van der Waals surface area contributed by atoms with Crippen LogP contribution in [0.5, 0.6) is 0 Å². The van der Waals surface area contributed by atoms with Gasteiger partial charge in [-0.1, -0.05) is 44.1 Å². The Morgan fingerprint density at radius 1 is 1.26 bits per heavy atom. The number of fused-ring (bicyclic) bond motifs is 1. The highest BCUT2D eigenvalue weighted by Crippen LogP contribution is 2.45. The number of nitro groups is 1. The van der Waals surface area contributed by atoms with Crippen LogP contribution in [0, 0.1) is 32.8 Å². The monoisotopic (exact) mass is 509 g/mol. The van der Waals surface area contributed by atoms with Gasteiger partial charge in [-0.05, 0) is 66.5 Å². The lowest BCUT2D eigenvalue weighted by Gasteiger charge is -2.33. The van der Waals surface area contributed by atoms with Crippen LogP contribution in [0.1, 0.15) is 48.8 Å². The molecule has 4 rings (SSSR count). The second-order valence-electron chi connectivity index (χ2n) is 9.39. The molecule has 1 atom stereocenters. The van der Waals surface area contributed by atoms with Crippen LogP contribution in [-0.2, 0) is 12.8 Å². The van der Waals surface area contributed by atoms with Crippen molar-refractivity contribution in [2.45, 2.75) is 49.8 Å². The molecule has 0 saturated heterocycles. The normalized spacial score (nSPS) is 15.8. The molecule has 174 valence electrons. The van der Waals surface area contributed by atoms with Gasteiger partial charge in [0.05, 0.1) is 10.5 Å². The number of nitrogens with zero attached hydrogens (tertiary/aromatic N) is 3. The minimum atomic E-state index is -0.411. The van der Waals surface area contributed by atoms with Crippen LogP contribution in [0.2, 0.25) is 5.02 Å². The Morgan fingerprint density at radius 2 is 2.00 bits per heavy atom. The fraction of sp³-hybridized carbons (Fsp3) is 0.308. The molecule has 0 amide bonds. The highest BCUT2D eigenvalue weighted by molar-refractivity contribution is 7.99. The minimum Gasteiger partial charge on any atom is -0.258 e. The number of aliphatic imine (C=N–C) groups is 1. The predicted molar refractivity (Wildman–Crippen MR) is 140 cm³/mol. The van der Waals surface area contributed by atoms with Crippen molar-refractivity contribution < 1.29 is 4.92 Å². The first kappa shape index (κ1) is 24.5. The molecule has 8 heteroatoms. The Kier molecular flexibility index (Phi) is 7.13. The van der Waals surface area contributed by atoms with Crippen molar-refractivity contribution in [3.05, 3.63) is 79.2 Å². The lowest BCUT2D eigenvalue weighted by molar-refractivity contribution is -0.384. The van der Waals surface area contributed by atoms with Crippen molar-refractivity contribution in [3.63, 3.8) is 0 Å². The summed E-state index contributed by atoms with van der Waals surface area (Å²) in [4.78, 5) is 18.7. The largest absolute Gasteiger partial charge is 0.270 e. The van der Waals surface area contributed by atoms with E-state index in [1.54, 1.807) is 23.6 Å². The van der Waals surface area contributed by atoms with E-state index in [1.165, 1.54) is 28.8 Å². The van der Waals surface area contributed by atoms with Crippen LogP contribution >= 0.6 is 34.7 Å². The molecule has 0 radical (unpaired) electrons. The number of nitro benzene ring substituents is 1. The molecule has 5 nitrogen and oxygen atoms in total. The van der Waals surface area contributed by atoms with Gasteiger partial charge in [0, 0.05) is 43.6 Å². The topological polar surface area (TPSA) is 79.3 Å². The lowest BCUT2D eigenvalue weighted by atomic mass is 9.72. The zero-order chi connectivity index (χ0) is 24.5. The smallest absolute Gasteiger partial charge is 0.258 e. The third kappa shape index (κ3) is 5.35. The summed E-state index contributed by atoms with van der Waals surface area (Å²) in [5.41, 5.74) is 2.61. The summed E-state index contributed by atoms with van der Waals surface area (Å²) in [5, 5.41) is 22.6. The van der Waals surface area contributed by atoms with Gasteiger partial charge in [0.2, 0.25) is 0 Å². The lowest BCUT2D eigenvalue weighted by Crippen LogP contribution is -2.26. The summed E-state index contributed by atoms with van der Waals surface area (Å²) < 4.78 is 0. The van der Waals surface area contributed by atoms with Crippen molar-refractivity contribution >= 4 is 51.6 Å². The van der Waals surface area contributed by atoms with Gasteiger partial charge in [-0.15, -0.1) is 11.3 Å². The van der Waals surface area contributed by atoms with Gasteiger partial charge in [0.15, 0.2) is 0 Å². The van der Waals surface area contributed by atoms with Gasteiger partial charge in [-0.25, -0.2) is 4.99 Å². The summed E-state index contributed by atoms with van der Waals surface area (Å²) in [5.74, 6) is 0.571. The Labute approximate surface area is 212 Å². The molecule has 1 aromatic heterocycles. The average Bonchev–Trinajstić information content (AvgIpc) is 3.15. The van der Waals surface area contributed by atoms with Crippen molar-refractivity contribution in [2.75, 3.05) is 0 Å². The highest BCUT2D eigenvalue weighted by atomic mass is 35.5. The third-order valence-electron chi connectivity index (χ3n) is 6.15. The number of nitriles is 1. The Bertz CT molecular complexity index is 1300. The molecule has 1 heterocycles. The van der Waals surface area contributed by atoms with Crippen LogP contribution in [0.25, 0.3) is 0 Å². The van der Waals surface area contributed by atoms with E-state index in [1.807, 2.05) is 24.3 Å². The maximum atomic E-state index is 11.4. The predicted octanol–water partition coefficient (Wildman–Crippen LogP) is 8.23. The highest BCUT2D eigenvalue weighted by Gasteiger charge is 2.32. The molecule has 3 aromatic rings. The van der Waals surface area contributed by atoms with Gasteiger partial charge in [-0.3, -0.25) is 10.1 Å². The summed E-state index contributed by atoms with van der Waals surface area (Å²) in [6, 6.07) is 14.5. The summed E-state index contributed by atoms with van der Waals surface area (Å²) in [6.45, 7) is 6.80. The van der Waals surface area contributed by atoms with Crippen LogP contribution in [0.15, 0.2) is 57.2 Å².